The molecule has 1 aliphatic heterocycles. The number of methoxy groups -OCH3 is 1. The minimum atomic E-state index is -0.255. The van der Waals surface area contributed by atoms with Gasteiger partial charge in [-0.1, -0.05) is 18.7 Å². The zero-order chi connectivity index (χ0) is 25.8. The lowest BCUT2D eigenvalue weighted by Gasteiger charge is -2.34. The molecular weight excluding hydrogens is 468 g/mol. The molecule has 1 saturated heterocycles. The van der Waals surface area contributed by atoms with Crippen LogP contribution in [0.4, 0.5) is 23.0 Å². The first-order valence-corrected chi connectivity index (χ1v) is 12.1. The number of aromatic amines is 1. The summed E-state index contributed by atoms with van der Waals surface area (Å²) in [7, 11) is 3.81. The van der Waals surface area contributed by atoms with E-state index in [0.29, 0.717) is 23.7 Å². The number of ether oxygens (including phenoxy) is 1. The minimum absolute atomic E-state index is 0.255. The summed E-state index contributed by atoms with van der Waals surface area (Å²) in [5, 5.41) is 6.11. The second kappa shape index (κ2) is 10.7. The second-order valence-electron chi connectivity index (χ2n) is 8.97. The van der Waals surface area contributed by atoms with Crippen molar-refractivity contribution in [3.8, 4) is 5.75 Å². The highest BCUT2D eigenvalue weighted by Crippen LogP contribution is 2.32. The van der Waals surface area contributed by atoms with Crippen molar-refractivity contribution in [3.05, 3.63) is 72.7 Å². The predicted octanol–water partition coefficient (Wildman–Crippen LogP) is 3.57. The van der Waals surface area contributed by atoms with Crippen molar-refractivity contribution in [2.45, 2.75) is 6.42 Å². The summed E-state index contributed by atoms with van der Waals surface area (Å²) in [6.45, 7) is 7.53. The van der Waals surface area contributed by atoms with Crippen LogP contribution in [0.3, 0.4) is 0 Å². The van der Waals surface area contributed by atoms with E-state index in [2.05, 4.69) is 55.1 Å². The smallest absolute Gasteiger partial charge is 0.247 e. The number of nitrogens with one attached hydrogen (secondary N) is 3. The average molecular weight is 499 g/mol. The van der Waals surface area contributed by atoms with Gasteiger partial charge in [-0.2, -0.15) is 4.98 Å². The van der Waals surface area contributed by atoms with Crippen LogP contribution in [0.2, 0.25) is 0 Å². The maximum absolute atomic E-state index is 11.7. The maximum Gasteiger partial charge on any atom is 0.247 e. The van der Waals surface area contributed by atoms with Crippen molar-refractivity contribution < 1.29 is 9.53 Å². The Bertz CT molecular complexity index is 1430. The van der Waals surface area contributed by atoms with E-state index in [1.807, 2.05) is 36.4 Å². The number of amides is 1. The molecule has 1 amide bonds. The molecule has 1 aliphatic rings. The summed E-state index contributed by atoms with van der Waals surface area (Å²) in [4.78, 5) is 33.3. The molecule has 3 heterocycles. The molecule has 0 aliphatic carbocycles. The number of hydrogen-bond acceptors (Lipinski definition) is 8. The molecule has 10 heteroatoms. The van der Waals surface area contributed by atoms with Crippen LogP contribution in [0, 0.1) is 0 Å². The number of aromatic nitrogens is 4. The van der Waals surface area contributed by atoms with Gasteiger partial charge >= 0.3 is 0 Å². The van der Waals surface area contributed by atoms with Crippen LogP contribution in [0.1, 0.15) is 11.3 Å². The molecule has 0 atom stereocenters. The number of nitrogens with zero attached hydrogens (tertiary/aromatic N) is 5. The molecule has 3 N–H and O–H groups in total. The van der Waals surface area contributed by atoms with Crippen molar-refractivity contribution in [1.29, 1.82) is 0 Å². The van der Waals surface area contributed by atoms with Crippen LogP contribution in [-0.4, -0.2) is 71.1 Å². The molecule has 1 fully saturated rings. The number of imidazole rings is 1. The normalized spacial score (nSPS) is 13.9. The highest BCUT2D eigenvalue weighted by molar-refractivity contribution is 5.98. The molecule has 0 unspecified atom stereocenters. The quantitative estimate of drug-likeness (QED) is 0.316. The zero-order valence-electron chi connectivity index (χ0n) is 21.0. The van der Waals surface area contributed by atoms with Gasteiger partial charge in [0.15, 0.2) is 5.65 Å². The molecule has 2 aromatic carbocycles. The van der Waals surface area contributed by atoms with Crippen LogP contribution in [-0.2, 0) is 11.2 Å². The fraction of sp³-hybridized carbons (Fsp3) is 0.259. The lowest BCUT2D eigenvalue weighted by molar-refractivity contribution is -0.111. The maximum atomic E-state index is 11.7. The first kappa shape index (κ1) is 24.3. The van der Waals surface area contributed by atoms with Gasteiger partial charge in [-0.05, 0) is 43.0 Å². The Morgan fingerprint density at radius 2 is 2.00 bits per heavy atom. The Hall–Kier alpha value is -4.44. The lowest BCUT2D eigenvalue weighted by Crippen LogP contribution is -2.44. The number of piperazine rings is 1. The molecule has 0 spiro atoms. The fourth-order valence-electron chi connectivity index (χ4n) is 4.39. The largest absolute Gasteiger partial charge is 0.494 e. The SMILES string of the molecule is C=CC(=O)Nc1cccc(Cc2nc(Nc3ccc(N4CCN(C)CC4)cc3OC)nc3nc[nH]c23)c1. The third-order valence-electron chi connectivity index (χ3n) is 6.41. The summed E-state index contributed by atoms with van der Waals surface area (Å²) in [5.41, 5.74) is 5.70. The number of hydrogen-bond donors (Lipinski definition) is 3. The lowest BCUT2D eigenvalue weighted by atomic mass is 10.1. The molecule has 2 aromatic heterocycles. The summed E-state index contributed by atoms with van der Waals surface area (Å²) in [6, 6.07) is 13.8. The molecule has 190 valence electrons. The first-order chi connectivity index (χ1) is 18.0. The average Bonchev–Trinajstić information content (AvgIpc) is 3.39. The van der Waals surface area contributed by atoms with Gasteiger partial charge < -0.3 is 30.2 Å². The van der Waals surface area contributed by atoms with Gasteiger partial charge in [0.25, 0.3) is 0 Å². The van der Waals surface area contributed by atoms with Gasteiger partial charge in [0, 0.05) is 50.0 Å². The van der Waals surface area contributed by atoms with Gasteiger partial charge in [0.1, 0.15) is 11.3 Å². The number of anilines is 4. The number of carbonyl (C=O) groups excluding carboxylic acids is 1. The molecule has 37 heavy (non-hydrogen) atoms. The van der Waals surface area contributed by atoms with Crippen molar-refractivity contribution in [2.24, 2.45) is 0 Å². The monoisotopic (exact) mass is 498 g/mol. The summed E-state index contributed by atoms with van der Waals surface area (Å²) in [5.74, 6) is 0.889. The van der Waals surface area contributed by atoms with E-state index in [1.165, 1.54) is 6.08 Å². The van der Waals surface area contributed by atoms with Crippen LogP contribution in [0.15, 0.2) is 61.4 Å². The standard InChI is InChI=1S/C27H30N8O2/c1-4-24(36)30-19-7-5-6-18(14-19)15-22-25-26(29-17-28-25)33-27(32-22)31-21-9-8-20(16-23(21)37-3)35-12-10-34(2)11-13-35/h4-9,14,16-17H,1,10-13,15H2,2-3H3,(H,30,36)(H2,28,29,31,32,33). The van der Waals surface area contributed by atoms with Crippen LogP contribution >= 0.6 is 0 Å². The number of carbonyl (C=O) groups is 1. The van der Waals surface area contributed by atoms with E-state index in [0.717, 1.165) is 60.1 Å². The Kier molecular flexibility index (Phi) is 7.00. The number of likely N-dealkylation sites (N-methyl/N-ethyl adjacent to an activating group) is 1. The molecule has 10 nitrogen and oxygen atoms in total. The third-order valence-corrected chi connectivity index (χ3v) is 6.41. The molecule has 5 rings (SSSR count). The van der Waals surface area contributed by atoms with E-state index in [1.54, 1.807) is 13.4 Å². The second-order valence-corrected chi connectivity index (χ2v) is 8.97. The summed E-state index contributed by atoms with van der Waals surface area (Å²) < 4.78 is 5.70. The van der Waals surface area contributed by atoms with Crippen molar-refractivity contribution in [3.63, 3.8) is 0 Å². The minimum Gasteiger partial charge on any atom is -0.494 e. The number of fused-ring (bicyclic) bond motifs is 1. The summed E-state index contributed by atoms with van der Waals surface area (Å²) >= 11 is 0. The van der Waals surface area contributed by atoms with Crippen LogP contribution in [0.25, 0.3) is 11.2 Å². The molecule has 4 aromatic rings. The Labute approximate surface area is 215 Å². The van der Waals surface area contributed by atoms with E-state index in [4.69, 9.17) is 9.72 Å². The van der Waals surface area contributed by atoms with Crippen LogP contribution < -0.4 is 20.3 Å². The van der Waals surface area contributed by atoms with Crippen molar-refractivity contribution in [1.82, 2.24) is 24.8 Å². The molecular formula is C27H30N8O2. The first-order valence-electron chi connectivity index (χ1n) is 12.1. The van der Waals surface area contributed by atoms with Crippen molar-refractivity contribution >= 4 is 40.1 Å². The highest BCUT2D eigenvalue weighted by atomic mass is 16.5. The third kappa shape index (κ3) is 5.54. The molecule has 0 bridgehead atoms. The number of benzene rings is 2. The van der Waals surface area contributed by atoms with Crippen molar-refractivity contribution in [2.75, 3.05) is 55.9 Å². The fourth-order valence-corrected chi connectivity index (χ4v) is 4.39. The predicted molar refractivity (Wildman–Crippen MR) is 146 cm³/mol. The Morgan fingerprint density at radius 1 is 1.16 bits per heavy atom. The Morgan fingerprint density at radius 3 is 2.78 bits per heavy atom. The summed E-state index contributed by atoms with van der Waals surface area (Å²) in [6.07, 6.45) is 3.38. The number of rotatable bonds is 8. The van der Waals surface area contributed by atoms with Gasteiger partial charge in [-0.3, -0.25) is 4.79 Å². The van der Waals surface area contributed by atoms with Gasteiger partial charge in [0.2, 0.25) is 11.9 Å². The highest BCUT2D eigenvalue weighted by Gasteiger charge is 2.17. The van der Waals surface area contributed by atoms with Gasteiger partial charge in [0.05, 0.1) is 24.8 Å². The van der Waals surface area contributed by atoms with E-state index < -0.39 is 0 Å². The van der Waals surface area contributed by atoms with E-state index in [9.17, 15) is 4.79 Å². The topological polar surface area (TPSA) is 111 Å². The van der Waals surface area contributed by atoms with Gasteiger partial charge in [-0.15, -0.1) is 0 Å². The van der Waals surface area contributed by atoms with Crippen LogP contribution in [0.5, 0.6) is 5.75 Å². The van der Waals surface area contributed by atoms with E-state index >= 15 is 0 Å². The number of H-pyrrole nitrogens is 1. The van der Waals surface area contributed by atoms with Gasteiger partial charge in [-0.25, -0.2) is 9.97 Å². The van der Waals surface area contributed by atoms with E-state index in [-0.39, 0.29) is 5.91 Å². The Balaban J connectivity index is 1.40. The zero-order valence-corrected chi connectivity index (χ0v) is 21.0. The molecule has 0 radical (unpaired) electrons. The molecule has 0 saturated carbocycles.